The lowest BCUT2D eigenvalue weighted by molar-refractivity contribution is -0.385. The van der Waals surface area contributed by atoms with Gasteiger partial charge in [-0.05, 0) is 56.2 Å². The molecule has 2 amide bonds. The molecule has 4 rings (SSSR count). The molecule has 0 N–H and O–H groups in total. The Morgan fingerprint density at radius 2 is 1.92 bits per heavy atom. The van der Waals surface area contributed by atoms with Crippen LogP contribution in [0.5, 0.6) is 0 Å². The lowest BCUT2D eigenvalue weighted by Crippen LogP contribution is -2.37. The van der Waals surface area contributed by atoms with Gasteiger partial charge in [0, 0.05) is 43.9 Å². The van der Waals surface area contributed by atoms with E-state index in [1.54, 1.807) is 47.4 Å². The molecule has 0 bridgehead atoms. The molecule has 9 nitrogen and oxygen atoms in total. The fraction of sp³-hybridized carbons (Fsp3) is 0.296. The summed E-state index contributed by atoms with van der Waals surface area (Å²) in [4.78, 5) is 44.8. The van der Waals surface area contributed by atoms with Crippen LogP contribution in [0, 0.1) is 17.0 Å². The number of carbonyl (C=O) groups excluding carboxylic acids is 2. The van der Waals surface area contributed by atoms with E-state index < -0.39 is 4.92 Å². The van der Waals surface area contributed by atoms with E-state index in [-0.39, 0.29) is 23.4 Å². The second-order valence-corrected chi connectivity index (χ2v) is 8.87. The number of rotatable bonds is 7. The fourth-order valence-corrected chi connectivity index (χ4v) is 4.42. The van der Waals surface area contributed by atoms with E-state index >= 15 is 0 Å². The first-order valence-electron chi connectivity index (χ1n) is 11.8. The van der Waals surface area contributed by atoms with Crippen molar-refractivity contribution in [3.05, 3.63) is 99.3 Å². The van der Waals surface area contributed by atoms with Crippen LogP contribution in [-0.4, -0.2) is 51.7 Å². The number of para-hydroxylation sites is 1. The molecule has 1 aliphatic rings. The highest BCUT2D eigenvalue weighted by atomic mass is 16.6. The van der Waals surface area contributed by atoms with Crippen molar-refractivity contribution in [1.29, 1.82) is 0 Å². The molecule has 1 aromatic carbocycles. The van der Waals surface area contributed by atoms with Crippen LogP contribution in [-0.2, 0) is 11.3 Å². The summed E-state index contributed by atoms with van der Waals surface area (Å²) >= 11 is 0. The third kappa shape index (κ3) is 5.68. The summed E-state index contributed by atoms with van der Waals surface area (Å²) in [6, 6.07) is 13.6. The van der Waals surface area contributed by atoms with E-state index in [1.165, 1.54) is 18.2 Å². The first kappa shape index (κ1) is 24.8. The number of aromatic nitrogens is 1. The number of nitro benzene ring substituents is 1. The Kier molecular flexibility index (Phi) is 7.58. The number of carbonyl (C=O) groups is 2. The molecule has 0 saturated carbocycles. The SMILES string of the molecule is Cc1ccc(C(=O)N(C)Cc2ccco2)c(C2CCN(C(=O)C=Cc3ccccc3[N+](=O)[O-])CC2)n1. The van der Waals surface area contributed by atoms with Crippen LogP contribution in [0.1, 0.15) is 51.8 Å². The maximum Gasteiger partial charge on any atom is 0.276 e. The van der Waals surface area contributed by atoms with E-state index in [1.807, 2.05) is 25.1 Å². The normalized spacial score (nSPS) is 14.2. The van der Waals surface area contributed by atoms with Gasteiger partial charge in [-0.1, -0.05) is 12.1 Å². The van der Waals surface area contributed by atoms with Crippen LogP contribution in [0.25, 0.3) is 6.08 Å². The Labute approximate surface area is 209 Å². The van der Waals surface area contributed by atoms with Crippen molar-refractivity contribution in [2.75, 3.05) is 20.1 Å². The number of nitrogens with zero attached hydrogens (tertiary/aromatic N) is 4. The highest BCUT2D eigenvalue weighted by Crippen LogP contribution is 2.30. The molecule has 0 aliphatic carbocycles. The highest BCUT2D eigenvalue weighted by molar-refractivity contribution is 5.95. The molecule has 0 radical (unpaired) electrons. The van der Waals surface area contributed by atoms with Gasteiger partial charge in [0.2, 0.25) is 5.91 Å². The molecule has 3 heterocycles. The van der Waals surface area contributed by atoms with Crippen molar-refractivity contribution in [3.8, 4) is 0 Å². The Hall–Kier alpha value is -4.27. The van der Waals surface area contributed by atoms with Gasteiger partial charge in [0.05, 0.1) is 34.6 Å². The first-order valence-corrected chi connectivity index (χ1v) is 11.8. The maximum atomic E-state index is 13.2. The third-order valence-corrected chi connectivity index (χ3v) is 6.35. The maximum absolute atomic E-state index is 13.2. The largest absolute Gasteiger partial charge is 0.467 e. The zero-order chi connectivity index (χ0) is 25.7. The van der Waals surface area contributed by atoms with E-state index in [2.05, 4.69) is 0 Å². The minimum Gasteiger partial charge on any atom is -0.467 e. The predicted octanol–water partition coefficient (Wildman–Crippen LogP) is 4.58. The van der Waals surface area contributed by atoms with Crippen LogP contribution < -0.4 is 0 Å². The van der Waals surface area contributed by atoms with Crippen LogP contribution in [0.3, 0.4) is 0 Å². The number of pyridine rings is 1. The number of amides is 2. The summed E-state index contributed by atoms with van der Waals surface area (Å²) in [5, 5.41) is 11.2. The number of piperidine rings is 1. The van der Waals surface area contributed by atoms with E-state index in [0.29, 0.717) is 49.4 Å². The van der Waals surface area contributed by atoms with Gasteiger partial charge in [-0.3, -0.25) is 24.7 Å². The molecule has 1 fully saturated rings. The van der Waals surface area contributed by atoms with Gasteiger partial charge in [0.25, 0.3) is 11.6 Å². The molecule has 9 heteroatoms. The van der Waals surface area contributed by atoms with Gasteiger partial charge >= 0.3 is 0 Å². The smallest absolute Gasteiger partial charge is 0.276 e. The lowest BCUT2D eigenvalue weighted by atomic mass is 9.89. The molecule has 0 atom stereocenters. The van der Waals surface area contributed by atoms with Crippen molar-refractivity contribution >= 4 is 23.6 Å². The van der Waals surface area contributed by atoms with Crippen molar-refractivity contribution in [2.24, 2.45) is 0 Å². The second kappa shape index (κ2) is 11.0. The minimum absolute atomic E-state index is 0.0417. The summed E-state index contributed by atoms with van der Waals surface area (Å²) in [5.41, 5.74) is 2.50. The van der Waals surface area contributed by atoms with E-state index in [4.69, 9.17) is 9.40 Å². The molecule has 0 spiro atoms. The summed E-state index contributed by atoms with van der Waals surface area (Å²) in [5.74, 6) is 0.426. The van der Waals surface area contributed by atoms with E-state index in [0.717, 1.165) is 11.4 Å². The minimum atomic E-state index is -0.463. The van der Waals surface area contributed by atoms with Crippen LogP contribution in [0.2, 0.25) is 0 Å². The molecule has 2 aromatic heterocycles. The predicted molar refractivity (Wildman–Crippen MR) is 134 cm³/mol. The highest BCUT2D eigenvalue weighted by Gasteiger charge is 2.28. The van der Waals surface area contributed by atoms with Crippen LogP contribution >= 0.6 is 0 Å². The van der Waals surface area contributed by atoms with Gasteiger partial charge in [0.1, 0.15) is 5.76 Å². The summed E-state index contributed by atoms with van der Waals surface area (Å²) in [7, 11) is 1.74. The molecule has 0 unspecified atom stereocenters. The van der Waals surface area contributed by atoms with Crippen molar-refractivity contribution in [2.45, 2.75) is 32.2 Å². The summed E-state index contributed by atoms with van der Waals surface area (Å²) < 4.78 is 5.37. The molecular formula is C27H28N4O5. The number of likely N-dealkylation sites (tertiary alicyclic amines) is 1. The van der Waals surface area contributed by atoms with E-state index in [9.17, 15) is 19.7 Å². The number of nitro groups is 1. The van der Waals surface area contributed by atoms with Gasteiger partial charge in [-0.25, -0.2) is 0 Å². The van der Waals surface area contributed by atoms with Gasteiger partial charge in [-0.2, -0.15) is 0 Å². The number of benzene rings is 1. The molecule has 186 valence electrons. The quantitative estimate of drug-likeness (QED) is 0.273. The number of hydrogen-bond donors (Lipinski definition) is 0. The summed E-state index contributed by atoms with van der Waals surface area (Å²) in [6.45, 7) is 3.28. The van der Waals surface area contributed by atoms with Crippen molar-refractivity contribution < 1.29 is 18.9 Å². The lowest BCUT2D eigenvalue weighted by Gasteiger charge is -2.32. The van der Waals surface area contributed by atoms with Gasteiger partial charge < -0.3 is 14.2 Å². The Morgan fingerprint density at radius 1 is 1.17 bits per heavy atom. The van der Waals surface area contributed by atoms with Gasteiger partial charge in [-0.15, -0.1) is 0 Å². The third-order valence-electron chi connectivity index (χ3n) is 6.35. The average molecular weight is 489 g/mol. The zero-order valence-electron chi connectivity index (χ0n) is 20.3. The monoisotopic (exact) mass is 488 g/mol. The average Bonchev–Trinajstić information content (AvgIpc) is 3.40. The van der Waals surface area contributed by atoms with Crippen molar-refractivity contribution in [3.63, 3.8) is 0 Å². The number of aryl methyl sites for hydroxylation is 1. The van der Waals surface area contributed by atoms with Crippen molar-refractivity contribution in [1.82, 2.24) is 14.8 Å². The van der Waals surface area contributed by atoms with Crippen LogP contribution in [0.4, 0.5) is 5.69 Å². The molecule has 36 heavy (non-hydrogen) atoms. The Morgan fingerprint density at radius 3 is 2.61 bits per heavy atom. The summed E-state index contributed by atoms with van der Waals surface area (Å²) in [6.07, 6.45) is 5.79. The Balaban J connectivity index is 1.43. The molecular weight excluding hydrogens is 460 g/mol. The van der Waals surface area contributed by atoms with Gasteiger partial charge in [0.15, 0.2) is 0 Å². The standard InChI is InChI=1S/C27H28N4O5/c1-19-9-11-23(27(33)29(2)18-22-7-5-17-36-22)26(28-19)21-13-15-30(16-14-21)25(32)12-10-20-6-3-4-8-24(20)31(34)35/h3-12,17,21H,13-16,18H2,1-2H3. The van der Waals surface area contributed by atoms with Crippen LogP contribution in [0.15, 0.2) is 65.3 Å². The molecule has 1 aliphatic heterocycles. The fourth-order valence-electron chi connectivity index (χ4n) is 4.42. The number of furan rings is 1. The topological polar surface area (TPSA) is 110 Å². The number of hydrogen-bond acceptors (Lipinski definition) is 6. The first-order chi connectivity index (χ1) is 17.3. The molecule has 3 aromatic rings. The Bertz CT molecular complexity index is 1280. The zero-order valence-corrected chi connectivity index (χ0v) is 20.3. The second-order valence-electron chi connectivity index (χ2n) is 8.87. The molecule has 1 saturated heterocycles.